The van der Waals surface area contributed by atoms with Crippen LogP contribution in [0, 0.1) is 0 Å². The van der Waals surface area contributed by atoms with Gasteiger partial charge < -0.3 is 10.2 Å². The van der Waals surface area contributed by atoms with E-state index >= 15 is 0 Å². The zero-order valence-electron chi connectivity index (χ0n) is 6.54. The third-order valence-electron chi connectivity index (χ3n) is 1.08. The molecule has 0 unspecified atom stereocenters. The van der Waals surface area contributed by atoms with E-state index in [0.717, 1.165) is 6.08 Å². The van der Waals surface area contributed by atoms with Crippen LogP contribution >= 0.6 is 23.2 Å². The Labute approximate surface area is 84.1 Å². The summed E-state index contributed by atoms with van der Waals surface area (Å²) in [6.45, 7) is 1.27. The summed E-state index contributed by atoms with van der Waals surface area (Å²) in [5.41, 5.74) is -0.0931. The van der Waals surface area contributed by atoms with Crippen molar-refractivity contribution in [1.82, 2.24) is 0 Å². The highest BCUT2D eigenvalue weighted by Crippen LogP contribution is 2.17. The Hall–Kier alpha value is -1.00. The van der Waals surface area contributed by atoms with Crippen LogP contribution in [0.5, 0.6) is 0 Å². The van der Waals surface area contributed by atoms with Gasteiger partial charge in [0.1, 0.15) is 5.03 Å². The molecule has 0 rings (SSSR count). The number of carboxylic acid groups (broad SMARTS) is 2. The Morgan fingerprint density at radius 2 is 1.62 bits per heavy atom. The first-order chi connectivity index (χ1) is 5.86. The predicted octanol–water partition coefficient (Wildman–Crippen LogP) is 1.79. The van der Waals surface area contributed by atoms with Gasteiger partial charge in [0, 0.05) is 5.57 Å². The molecule has 0 saturated heterocycles. The number of allylic oxidation sites excluding steroid dienone is 2. The monoisotopic (exact) mass is 224 g/mol. The maximum Gasteiger partial charge on any atom is 0.348 e. The Bertz CT molecular complexity index is 304. The molecular formula is C7H6Cl2O4. The summed E-state index contributed by atoms with van der Waals surface area (Å²) in [7, 11) is 0. The van der Waals surface area contributed by atoms with Crippen molar-refractivity contribution >= 4 is 35.1 Å². The lowest BCUT2D eigenvalue weighted by atomic mass is 10.3. The molecule has 0 aliphatic heterocycles. The van der Waals surface area contributed by atoms with E-state index in [-0.39, 0.29) is 10.6 Å². The first kappa shape index (κ1) is 12.0. The number of carbonyl (C=O) groups is 2. The second-order valence-electron chi connectivity index (χ2n) is 2.10. The summed E-state index contributed by atoms with van der Waals surface area (Å²) in [6.07, 6.45) is 0.973. The molecule has 0 aromatic heterocycles. The van der Waals surface area contributed by atoms with Gasteiger partial charge in [-0.15, -0.1) is 0 Å². The second kappa shape index (κ2) is 4.89. The van der Waals surface area contributed by atoms with Crippen LogP contribution in [0.2, 0.25) is 0 Å². The lowest BCUT2D eigenvalue weighted by Gasteiger charge is -1.94. The molecule has 0 bridgehead atoms. The van der Waals surface area contributed by atoms with Crippen molar-refractivity contribution in [2.75, 3.05) is 0 Å². The molecule has 13 heavy (non-hydrogen) atoms. The van der Waals surface area contributed by atoms with Crippen molar-refractivity contribution < 1.29 is 19.8 Å². The molecule has 0 saturated carbocycles. The molecule has 0 aromatic carbocycles. The van der Waals surface area contributed by atoms with E-state index < -0.39 is 17.0 Å². The molecule has 0 amide bonds. The summed E-state index contributed by atoms with van der Waals surface area (Å²) in [5, 5.41) is 15.8. The van der Waals surface area contributed by atoms with E-state index in [2.05, 4.69) is 0 Å². The molecule has 6 heteroatoms. The van der Waals surface area contributed by atoms with E-state index in [1.54, 1.807) is 0 Å². The van der Waals surface area contributed by atoms with Crippen LogP contribution in [0.3, 0.4) is 0 Å². The maximum absolute atomic E-state index is 10.3. The largest absolute Gasteiger partial charge is 0.478 e. The van der Waals surface area contributed by atoms with Crippen molar-refractivity contribution in [1.29, 1.82) is 0 Å². The number of hydrogen-bond acceptors (Lipinski definition) is 2. The van der Waals surface area contributed by atoms with Crippen molar-refractivity contribution in [2.45, 2.75) is 6.92 Å². The van der Waals surface area contributed by atoms with E-state index in [0.29, 0.717) is 0 Å². The van der Waals surface area contributed by atoms with Crippen LogP contribution in [0.4, 0.5) is 0 Å². The van der Waals surface area contributed by atoms with Crippen LogP contribution in [0.25, 0.3) is 0 Å². The molecule has 0 spiro atoms. The van der Waals surface area contributed by atoms with Crippen molar-refractivity contribution in [2.24, 2.45) is 0 Å². The highest BCUT2D eigenvalue weighted by molar-refractivity contribution is 6.47. The van der Waals surface area contributed by atoms with Gasteiger partial charge in [-0.05, 0) is 13.0 Å². The van der Waals surface area contributed by atoms with Crippen LogP contribution < -0.4 is 0 Å². The van der Waals surface area contributed by atoms with Gasteiger partial charge in [0.25, 0.3) is 0 Å². The molecule has 72 valence electrons. The van der Waals surface area contributed by atoms with Gasteiger partial charge in [0.15, 0.2) is 0 Å². The van der Waals surface area contributed by atoms with Crippen molar-refractivity contribution in [3.8, 4) is 0 Å². The minimum atomic E-state index is -1.40. The lowest BCUT2D eigenvalue weighted by molar-refractivity contribution is -0.133. The average molecular weight is 225 g/mol. The SMILES string of the molecule is C/C(=C/C(Cl)=C(/Cl)C(=O)O)C(=O)O. The van der Waals surface area contributed by atoms with Crippen LogP contribution in [-0.4, -0.2) is 22.2 Å². The zero-order chi connectivity index (χ0) is 10.6. The van der Waals surface area contributed by atoms with Gasteiger partial charge in [-0.1, -0.05) is 23.2 Å². The number of hydrogen-bond donors (Lipinski definition) is 2. The van der Waals surface area contributed by atoms with Gasteiger partial charge in [-0.2, -0.15) is 0 Å². The fraction of sp³-hybridized carbons (Fsp3) is 0.143. The third kappa shape index (κ3) is 3.96. The van der Waals surface area contributed by atoms with Gasteiger partial charge in [-0.3, -0.25) is 0 Å². The molecule has 4 nitrogen and oxygen atoms in total. The Balaban J connectivity index is 4.92. The maximum atomic E-state index is 10.3. The number of carboxylic acids is 2. The molecule has 0 fully saturated rings. The van der Waals surface area contributed by atoms with Gasteiger partial charge in [-0.25, -0.2) is 9.59 Å². The smallest absolute Gasteiger partial charge is 0.348 e. The fourth-order valence-corrected chi connectivity index (χ4v) is 0.716. The lowest BCUT2D eigenvalue weighted by Crippen LogP contribution is -1.98. The summed E-state index contributed by atoms with van der Waals surface area (Å²) >= 11 is 10.6. The number of halogens is 2. The van der Waals surface area contributed by atoms with Gasteiger partial charge >= 0.3 is 11.9 Å². The quantitative estimate of drug-likeness (QED) is 0.567. The van der Waals surface area contributed by atoms with E-state index in [9.17, 15) is 9.59 Å². The fourth-order valence-electron chi connectivity index (χ4n) is 0.417. The Morgan fingerprint density at radius 1 is 1.15 bits per heavy atom. The van der Waals surface area contributed by atoms with Crippen LogP contribution in [0.15, 0.2) is 21.7 Å². The Kier molecular flexibility index (Phi) is 4.51. The Morgan fingerprint density at radius 3 is 1.92 bits per heavy atom. The first-order valence-electron chi connectivity index (χ1n) is 3.06. The molecule has 0 aliphatic rings. The zero-order valence-corrected chi connectivity index (χ0v) is 8.06. The average Bonchev–Trinajstić information content (AvgIpc) is 2.02. The number of aliphatic carboxylic acids is 2. The predicted molar refractivity (Wildman–Crippen MR) is 47.8 cm³/mol. The molecular weight excluding hydrogens is 219 g/mol. The minimum Gasteiger partial charge on any atom is -0.478 e. The number of rotatable bonds is 3. The summed E-state index contributed by atoms with van der Waals surface area (Å²) in [4.78, 5) is 20.5. The van der Waals surface area contributed by atoms with Crippen LogP contribution in [0.1, 0.15) is 6.92 Å². The minimum absolute atomic E-state index is 0.0931. The van der Waals surface area contributed by atoms with E-state index in [1.807, 2.05) is 0 Å². The summed E-state index contributed by atoms with van der Waals surface area (Å²) in [6, 6.07) is 0. The van der Waals surface area contributed by atoms with Crippen molar-refractivity contribution in [3.63, 3.8) is 0 Å². The highest BCUT2D eigenvalue weighted by atomic mass is 35.5. The topological polar surface area (TPSA) is 74.6 Å². The molecule has 0 radical (unpaired) electrons. The summed E-state index contributed by atoms with van der Waals surface area (Å²) in [5.74, 6) is -2.59. The highest BCUT2D eigenvalue weighted by Gasteiger charge is 2.09. The molecule has 0 atom stereocenters. The summed E-state index contributed by atoms with van der Waals surface area (Å²) < 4.78 is 0. The molecule has 2 N–H and O–H groups in total. The van der Waals surface area contributed by atoms with Gasteiger partial charge in [0.05, 0.1) is 5.03 Å². The van der Waals surface area contributed by atoms with E-state index in [1.165, 1.54) is 6.92 Å². The normalized spacial score (nSPS) is 13.6. The second-order valence-corrected chi connectivity index (χ2v) is 2.88. The molecule has 0 heterocycles. The molecule has 0 aliphatic carbocycles. The van der Waals surface area contributed by atoms with E-state index in [4.69, 9.17) is 33.4 Å². The van der Waals surface area contributed by atoms with Crippen molar-refractivity contribution in [3.05, 3.63) is 21.7 Å². The standard InChI is InChI=1S/C7H6Cl2O4/c1-3(6(10)11)2-4(8)5(9)7(12)13/h2H,1H3,(H,10,11)(H,12,13)/b3-2-,5-4-. The van der Waals surface area contributed by atoms with Crippen LogP contribution in [-0.2, 0) is 9.59 Å². The van der Waals surface area contributed by atoms with Gasteiger partial charge in [0.2, 0.25) is 0 Å². The third-order valence-corrected chi connectivity index (χ3v) is 1.84. The first-order valence-corrected chi connectivity index (χ1v) is 3.82. The molecule has 0 aromatic rings.